The van der Waals surface area contributed by atoms with Crippen molar-refractivity contribution in [1.29, 1.82) is 0 Å². The number of likely N-dealkylation sites (N-methyl/N-ethyl adjacent to an activating group) is 1. The first-order valence-electron chi connectivity index (χ1n) is 7.00. The van der Waals surface area contributed by atoms with Crippen molar-refractivity contribution in [2.24, 2.45) is 0 Å². The molecule has 0 unspecified atom stereocenters. The lowest BCUT2D eigenvalue weighted by Crippen LogP contribution is -2.30. The van der Waals surface area contributed by atoms with Crippen molar-refractivity contribution in [2.45, 2.75) is 6.42 Å². The molecule has 0 aliphatic heterocycles. The molecular formula is C16H16N4O2. The number of H-pyrrole nitrogens is 2. The van der Waals surface area contributed by atoms with Gasteiger partial charge in [0, 0.05) is 36.8 Å². The highest BCUT2D eigenvalue weighted by atomic mass is 16.2. The van der Waals surface area contributed by atoms with E-state index in [1.54, 1.807) is 30.4 Å². The number of aromatic amines is 2. The number of benzene rings is 1. The van der Waals surface area contributed by atoms with Gasteiger partial charge in [-0.25, -0.2) is 0 Å². The number of fused-ring (bicyclic) bond motifs is 1. The molecule has 2 aromatic heterocycles. The van der Waals surface area contributed by atoms with Gasteiger partial charge in [0.05, 0.1) is 11.8 Å². The van der Waals surface area contributed by atoms with E-state index in [0.717, 1.165) is 10.9 Å². The van der Waals surface area contributed by atoms with Crippen LogP contribution >= 0.6 is 0 Å². The predicted octanol–water partition coefficient (Wildman–Crippen LogP) is 1.57. The second-order valence-electron chi connectivity index (χ2n) is 5.18. The number of nitrogens with one attached hydrogen (secondary N) is 2. The number of carbonyl (C=O) groups excluding carboxylic acids is 1. The average molecular weight is 296 g/mol. The summed E-state index contributed by atoms with van der Waals surface area (Å²) >= 11 is 0. The van der Waals surface area contributed by atoms with Gasteiger partial charge in [0.2, 0.25) is 5.56 Å². The van der Waals surface area contributed by atoms with Crippen molar-refractivity contribution >= 4 is 16.8 Å². The number of hydrogen-bond donors (Lipinski definition) is 2. The van der Waals surface area contributed by atoms with Crippen LogP contribution in [-0.4, -0.2) is 39.6 Å². The summed E-state index contributed by atoms with van der Waals surface area (Å²) in [5, 5.41) is 7.38. The molecule has 3 rings (SSSR count). The molecule has 0 atom stereocenters. The molecule has 0 radical (unpaired) electrons. The molecule has 112 valence electrons. The monoisotopic (exact) mass is 296 g/mol. The molecule has 0 fully saturated rings. The van der Waals surface area contributed by atoms with Crippen molar-refractivity contribution < 1.29 is 4.79 Å². The SMILES string of the molecule is CN(CCc1cn[nH]c1)C(=O)c1cc(=O)[nH]c2ccccc12. The molecular weight excluding hydrogens is 280 g/mol. The minimum absolute atomic E-state index is 0.161. The summed E-state index contributed by atoms with van der Waals surface area (Å²) in [6.45, 7) is 0.555. The van der Waals surface area contributed by atoms with Gasteiger partial charge in [0.15, 0.2) is 0 Å². The zero-order valence-corrected chi connectivity index (χ0v) is 12.2. The Morgan fingerprint density at radius 1 is 1.32 bits per heavy atom. The van der Waals surface area contributed by atoms with Gasteiger partial charge in [-0.3, -0.25) is 14.7 Å². The Balaban J connectivity index is 1.86. The molecule has 6 nitrogen and oxygen atoms in total. The Hall–Kier alpha value is -2.89. The summed E-state index contributed by atoms with van der Waals surface area (Å²) in [5.74, 6) is -0.161. The van der Waals surface area contributed by atoms with Gasteiger partial charge in [0.1, 0.15) is 0 Å². The molecule has 2 heterocycles. The number of para-hydroxylation sites is 1. The fourth-order valence-electron chi connectivity index (χ4n) is 2.40. The third kappa shape index (κ3) is 2.76. The number of rotatable bonds is 4. The number of nitrogens with zero attached hydrogens (tertiary/aromatic N) is 2. The topological polar surface area (TPSA) is 81.8 Å². The van der Waals surface area contributed by atoms with E-state index in [0.29, 0.717) is 24.0 Å². The van der Waals surface area contributed by atoms with E-state index in [2.05, 4.69) is 15.2 Å². The summed E-state index contributed by atoms with van der Waals surface area (Å²) in [6, 6.07) is 8.67. The Morgan fingerprint density at radius 3 is 2.91 bits per heavy atom. The van der Waals surface area contributed by atoms with Crippen molar-refractivity contribution in [1.82, 2.24) is 20.1 Å². The Bertz CT molecular complexity index is 852. The van der Waals surface area contributed by atoms with Crippen LogP contribution in [0.3, 0.4) is 0 Å². The first-order chi connectivity index (χ1) is 10.6. The van der Waals surface area contributed by atoms with E-state index in [4.69, 9.17) is 0 Å². The van der Waals surface area contributed by atoms with Gasteiger partial charge in [-0.15, -0.1) is 0 Å². The minimum atomic E-state index is -0.273. The number of pyridine rings is 1. The van der Waals surface area contributed by atoms with Crippen LogP contribution in [0, 0.1) is 0 Å². The second kappa shape index (κ2) is 5.85. The zero-order chi connectivity index (χ0) is 15.5. The number of amides is 1. The number of hydrogen-bond acceptors (Lipinski definition) is 3. The van der Waals surface area contributed by atoms with E-state index in [-0.39, 0.29) is 11.5 Å². The maximum absolute atomic E-state index is 12.6. The second-order valence-corrected chi connectivity index (χ2v) is 5.18. The molecule has 0 bridgehead atoms. The number of carbonyl (C=O) groups is 1. The minimum Gasteiger partial charge on any atom is -0.341 e. The molecule has 2 N–H and O–H groups in total. The molecule has 6 heteroatoms. The standard InChI is InChI=1S/C16H16N4O2/c1-20(7-6-11-9-17-18-10-11)16(22)13-8-15(21)19-14-5-3-2-4-12(13)14/h2-5,8-10H,6-7H2,1H3,(H,17,18)(H,19,21). The van der Waals surface area contributed by atoms with E-state index >= 15 is 0 Å². The molecule has 0 saturated carbocycles. The largest absolute Gasteiger partial charge is 0.341 e. The van der Waals surface area contributed by atoms with Crippen LogP contribution < -0.4 is 5.56 Å². The zero-order valence-electron chi connectivity index (χ0n) is 12.2. The first-order valence-corrected chi connectivity index (χ1v) is 7.00. The molecule has 22 heavy (non-hydrogen) atoms. The third-order valence-electron chi connectivity index (χ3n) is 3.62. The van der Waals surface area contributed by atoms with E-state index in [1.165, 1.54) is 6.07 Å². The quantitative estimate of drug-likeness (QED) is 0.766. The molecule has 0 spiro atoms. The summed E-state index contributed by atoms with van der Waals surface area (Å²) in [5.41, 5.74) is 1.86. The van der Waals surface area contributed by atoms with Crippen molar-refractivity contribution in [3.05, 3.63) is 64.2 Å². The lowest BCUT2D eigenvalue weighted by atomic mass is 10.1. The third-order valence-corrected chi connectivity index (χ3v) is 3.62. The van der Waals surface area contributed by atoms with Crippen LogP contribution in [-0.2, 0) is 6.42 Å². The van der Waals surface area contributed by atoms with Crippen molar-refractivity contribution in [2.75, 3.05) is 13.6 Å². The van der Waals surface area contributed by atoms with Crippen LogP contribution in [0.2, 0.25) is 0 Å². The number of aromatic nitrogens is 3. The molecule has 0 saturated heterocycles. The van der Waals surface area contributed by atoms with E-state index < -0.39 is 0 Å². The predicted molar refractivity (Wildman–Crippen MR) is 83.8 cm³/mol. The van der Waals surface area contributed by atoms with E-state index in [1.807, 2.05) is 18.2 Å². The van der Waals surface area contributed by atoms with Crippen molar-refractivity contribution in [3.8, 4) is 0 Å². The maximum Gasteiger partial charge on any atom is 0.254 e. The van der Waals surface area contributed by atoms with Crippen LogP contribution in [0.4, 0.5) is 0 Å². The van der Waals surface area contributed by atoms with Gasteiger partial charge in [-0.2, -0.15) is 5.10 Å². The molecule has 1 amide bonds. The Kier molecular flexibility index (Phi) is 3.74. The molecule has 0 aliphatic rings. The van der Waals surface area contributed by atoms with Gasteiger partial charge in [-0.05, 0) is 18.1 Å². The van der Waals surface area contributed by atoms with Crippen LogP contribution in [0.5, 0.6) is 0 Å². The molecule has 3 aromatic rings. The van der Waals surface area contributed by atoms with Gasteiger partial charge in [0.25, 0.3) is 5.91 Å². The molecule has 0 aliphatic carbocycles. The summed E-state index contributed by atoms with van der Waals surface area (Å²) < 4.78 is 0. The van der Waals surface area contributed by atoms with Crippen LogP contribution in [0.1, 0.15) is 15.9 Å². The van der Waals surface area contributed by atoms with Crippen LogP contribution in [0.25, 0.3) is 10.9 Å². The van der Waals surface area contributed by atoms with Crippen LogP contribution in [0.15, 0.2) is 47.5 Å². The lowest BCUT2D eigenvalue weighted by molar-refractivity contribution is 0.0798. The van der Waals surface area contributed by atoms with Gasteiger partial charge >= 0.3 is 0 Å². The lowest BCUT2D eigenvalue weighted by Gasteiger charge is -2.17. The Labute approximate surface area is 126 Å². The van der Waals surface area contributed by atoms with Gasteiger partial charge < -0.3 is 9.88 Å². The summed E-state index contributed by atoms with van der Waals surface area (Å²) in [6.07, 6.45) is 4.25. The smallest absolute Gasteiger partial charge is 0.254 e. The average Bonchev–Trinajstić information content (AvgIpc) is 3.04. The maximum atomic E-state index is 12.6. The summed E-state index contributed by atoms with van der Waals surface area (Å²) in [7, 11) is 1.73. The van der Waals surface area contributed by atoms with Gasteiger partial charge in [-0.1, -0.05) is 18.2 Å². The van der Waals surface area contributed by atoms with E-state index in [9.17, 15) is 9.59 Å². The fourth-order valence-corrected chi connectivity index (χ4v) is 2.40. The summed E-state index contributed by atoms with van der Waals surface area (Å²) in [4.78, 5) is 28.7. The Morgan fingerprint density at radius 2 is 2.14 bits per heavy atom. The highest BCUT2D eigenvalue weighted by Crippen LogP contribution is 2.16. The first kappa shape index (κ1) is 14.1. The normalized spacial score (nSPS) is 10.8. The molecule has 1 aromatic carbocycles. The highest BCUT2D eigenvalue weighted by Gasteiger charge is 2.15. The highest BCUT2D eigenvalue weighted by molar-refractivity contribution is 6.05. The fraction of sp³-hybridized carbons (Fsp3) is 0.188. The van der Waals surface area contributed by atoms with Crippen molar-refractivity contribution in [3.63, 3.8) is 0 Å².